The summed E-state index contributed by atoms with van der Waals surface area (Å²) < 4.78 is 65.6. The summed E-state index contributed by atoms with van der Waals surface area (Å²) in [5, 5.41) is -0.786. The fourth-order valence-corrected chi connectivity index (χ4v) is 0.731. The van der Waals surface area contributed by atoms with E-state index < -0.39 is 28.7 Å². The van der Waals surface area contributed by atoms with Crippen LogP contribution in [0.4, 0.5) is 22.0 Å². The molecule has 0 aliphatic rings. The van der Waals surface area contributed by atoms with Crippen LogP contribution in [0.3, 0.4) is 0 Å². The van der Waals surface area contributed by atoms with Gasteiger partial charge in [-0.1, -0.05) is 18.2 Å². The summed E-state index contributed by atoms with van der Waals surface area (Å²) in [4.78, 5) is 10.8. The van der Waals surface area contributed by atoms with Gasteiger partial charge in [0.25, 0.3) is 0 Å². The number of carbonyl (C=O) groups excluding carboxylic acids is 1. The molecule has 0 amide bonds. The second-order valence-electron chi connectivity index (χ2n) is 3.38. The number of hydrogen-bond acceptors (Lipinski definition) is 2. The van der Waals surface area contributed by atoms with Gasteiger partial charge in [-0.25, -0.2) is 4.79 Å². The molecule has 94 valence electrons. The Morgan fingerprint density at radius 2 is 1.56 bits per heavy atom. The first-order valence-electron chi connectivity index (χ1n) is 3.85. The highest BCUT2D eigenvalue weighted by molar-refractivity contribution is 6.40. The number of alkyl halides is 5. The lowest BCUT2D eigenvalue weighted by molar-refractivity contribution is -0.335. The number of hydrogen-bond donors (Lipinski definition) is 0. The van der Waals surface area contributed by atoms with Gasteiger partial charge in [0.1, 0.15) is 5.03 Å². The molecule has 0 N–H and O–H groups in total. The number of esters is 1. The lowest BCUT2D eigenvalue weighted by atomic mass is 10.00. The first kappa shape index (κ1) is 15.2. The van der Waals surface area contributed by atoms with E-state index in [1.807, 2.05) is 0 Å². The van der Waals surface area contributed by atoms with E-state index >= 15 is 0 Å². The minimum Gasteiger partial charge on any atom is -0.449 e. The van der Waals surface area contributed by atoms with E-state index in [2.05, 4.69) is 11.3 Å². The first-order chi connectivity index (χ1) is 6.83. The molecule has 0 saturated carbocycles. The van der Waals surface area contributed by atoms with Crippen molar-refractivity contribution in [3.8, 4) is 0 Å². The van der Waals surface area contributed by atoms with E-state index in [-0.39, 0.29) is 0 Å². The third-order valence-electron chi connectivity index (χ3n) is 1.68. The molecule has 0 aliphatic heterocycles. The minimum atomic E-state index is -5.83. The van der Waals surface area contributed by atoms with Crippen molar-refractivity contribution in [2.24, 2.45) is 0 Å². The number of rotatable bonds is 3. The minimum absolute atomic E-state index is 0.429. The molecule has 0 radical (unpaired) electrons. The number of carbonyl (C=O) groups is 1. The van der Waals surface area contributed by atoms with Gasteiger partial charge in [0.15, 0.2) is 5.60 Å². The summed E-state index contributed by atoms with van der Waals surface area (Å²) in [6.45, 7) is 3.71. The first-order valence-corrected chi connectivity index (χ1v) is 4.23. The average molecular weight is 267 g/mol. The zero-order chi connectivity index (χ0) is 13.4. The van der Waals surface area contributed by atoms with Crippen LogP contribution in [0.2, 0.25) is 0 Å². The quantitative estimate of drug-likeness (QED) is 0.445. The predicted molar refractivity (Wildman–Crippen MR) is 46.2 cm³/mol. The molecule has 8 heteroatoms. The largest absolute Gasteiger partial charge is 0.457 e. The maximum atomic E-state index is 12.9. The average Bonchev–Trinajstić information content (AvgIpc) is 2.00. The van der Waals surface area contributed by atoms with Crippen molar-refractivity contribution in [1.29, 1.82) is 0 Å². The molecule has 0 saturated heterocycles. The van der Waals surface area contributed by atoms with Gasteiger partial charge in [0.05, 0.1) is 0 Å². The monoisotopic (exact) mass is 266 g/mol. The molecule has 16 heavy (non-hydrogen) atoms. The topological polar surface area (TPSA) is 26.3 Å². The van der Waals surface area contributed by atoms with Crippen molar-refractivity contribution in [3.05, 3.63) is 11.6 Å². The van der Waals surface area contributed by atoms with Crippen molar-refractivity contribution >= 4 is 17.6 Å². The van der Waals surface area contributed by atoms with Crippen LogP contribution >= 0.6 is 11.6 Å². The highest BCUT2D eigenvalue weighted by Crippen LogP contribution is 2.45. The van der Waals surface area contributed by atoms with Gasteiger partial charge in [-0.3, -0.25) is 0 Å². The van der Waals surface area contributed by atoms with E-state index in [9.17, 15) is 26.7 Å². The summed E-state index contributed by atoms with van der Waals surface area (Å²) in [6, 6.07) is 0. The smallest absolute Gasteiger partial charge is 0.449 e. The van der Waals surface area contributed by atoms with Gasteiger partial charge >= 0.3 is 18.1 Å². The van der Waals surface area contributed by atoms with Gasteiger partial charge < -0.3 is 4.74 Å². The van der Waals surface area contributed by atoms with Crippen LogP contribution in [-0.2, 0) is 9.53 Å². The molecule has 0 spiro atoms. The Hall–Kier alpha value is -0.850. The van der Waals surface area contributed by atoms with Crippen molar-refractivity contribution in [2.45, 2.75) is 31.5 Å². The molecular formula is C8H8ClF5O2. The third-order valence-corrected chi connectivity index (χ3v) is 1.84. The van der Waals surface area contributed by atoms with Gasteiger partial charge in [0.2, 0.25) is 0 Å². The van der Waals surface area contributed by atoms with Crippen molar-refractivity contribution in [2.75, 3.05) is 0 Å². The lowest BCUT2D eigenvalue weighted by Gasteiger charge is -2.34. The predicted octanol–water partition coefficient (Wildman–Crippen LogP) is 3.26. The molecule has 0 bridgehead atoms. The number of ether oxygens (including phenoxy) is 1. The fourth-order valence-electron chi connectivity index (χ4n) is 0.693. The van der Waals surface area contributed by atoms with Gasteiger partial charge in [-0.15, -0.1) is 0 Å². The fraction of sp³-hybridized carbons (Fsp3) is 0.625. The maximum absolute atomic E-state index is 12.9. The van der Waals surface area contributed by atoms with Crippen LogP contribution in [0, 0.1) is 0 Å². The number of halogens is 6. The Morgan fingerprint density at radius 1 is 1.19 bits per heavy atom. The standard InChI is InChI=1S/C8H8ClF5O2/c1-4(9)5(15)16-6(2,3)7(10,11)8(12,13)14/h1H2,2-3H3. The van der Waals surface area contributed by atoms with E-state index in [1.165, 1.54) is 0 Å². The zero-order valence-corrected chi connectivity index (χ0v) is 9.05. The van der Waals surface area contributed by atoms with E-state index in [4.69, 9.17) is 11.6 Å². The molecular weight excluding hydrogens is 259 g/mol. The van der Waals surface area contributed by atoms with Crippen molar-refractivity contribution in [1.82, 2.24) is 0 Å². The van der Waals surface area contributed by atoms with E-state index in [0.29, 0.717) is 13.8 Å². The molecule has 0 unspecified atom stereocenters. The van der Waals surface area contributed by atoms with Gasteiger partial charge in [-0.05, 0) is 13.8 Å². The molecule has 0 rings (SSSR count). The van der Waals surface area contributed by atoms with E-state index in [1.54, 1.807) is 0 Å². The Labute approximate surface area is 93.0 Å². The van der Waals surface area contributed by atoms with E-state index in [0.717, 1.165) is 0 Å². The SMILES string of the molecule is C=C(Cl)C(=O)OC(C)(C)C(F)(F)C(F)(F)F. The van der Waals surface area contributed by atoms with Gasteiger partial charge in [-0.2, -0.15) is 22.0 Å². The highest BCUT2D eigenvalue weighted by atomic mass is 35.5. The molecule has 0 heterocycles. The Kier molecular flexibility index (Phi) is 3.97. The summed E-state index contributed by atoms with van der Waals surface area (Å²) in [7, 11) is 0. The summed E-state index contributed by atoms with van der Waals surface area (Å²) >= 11 is 5.00. The van der Waals surface area contributed by atoms with Crippen LogP contribution in [-0.4, -0.2) is 23.7 Å². The van der Waals surface area contributed by atoms with Crippen molar-refractivity contribution < 1.29 is 31.5 Å². The van der Waals surface area contributed by atoms with Crippen LogP contribution in [0.1, 0.15) is 13.8 Å². The molecule has 2 nitrogen and oxygen atoms in total. The van der Waals surface area contributed by atoms with Crippen molar-refractivity contribution in [3.63, 3.8) is 0 Å². The third kappa shape index (κ3) is 2.84. The van der Waals surface area contributed by atoms with Crippen LogP contribution in [0.5, 0.6) is 0 Å². The summed E-state index contributed by atoms with van der Waals surface area (Å²) in [5.74, 6) is -6.72. The molecule has 0 aromatic heterocycles. The Balaban J connectivity index is 5.06. The maximum Gasteiger partial charge on any atom is 0.457 e. The molecule has 0 aromatic carbocycles. The Morgan fingerprint density at radius 3 is 1.81 bits per heavy atom. The van der Waals surface area contributed by atoms with Crippen LogP contribution < -0.4 is 0 Å². The normalized spacial score (nSPS) is 13.5. The summed E-state index contributed by atoms with van der Waals surface area (Å²) in [6.07, 6.45) is -5.83. The second-order valence-corrected chi connectivity index (χ2v) is 3.83. The molecule has 0 atom stereocenters. The van der Waals surface area contributed by atoms with Crippen LogP contribution in [0.25, 0.3) is 0 Å². The molecule has 0 aromatic rings. The molecule has 0 fully saturated rings. The summed E-state index contributed by atoms with van der Waals surface area (Å²) in [5.41, 5.74) is -3.07. The second kappa shape index (κ2) is 4.20. The van der Waals surface area contributed by atoms with Crippen LogP contribution in [0.15, 0.2) is 11.6 Å². The lowest BCUT2D eigenvalue weighted by Crippen LogP contribution is -2.55. The van der Waals surface area contributed by atoms with Gasteiger partial charge in [0, 0.05) is 0 Å². The molecule has 0 aliphatic carbocycles. The highest BCUT2D eigenvalue weighted by Gasteiger charge is 2.68. The zero-order valence-electron chi connectivity index (χ0n) is 8.29. The Bertz CT molecular complexity index is 308.